The van der Waals surface area contributed by atoms with Gasteiger partial charge < -0.3 is 10.6 Å². The van der Waals surface area contributed by atoms with Crippen LogP contribution in [-0.2, 0) is 15.1 Å². The molecule has 2 fully saturated rings. The standard InChI is InChI=1S/C27H29ClN2O2S2/c28-22-11-4-5-12-24(22)34-25-23(31)16-27(30-26(25)32,19-13-14-33-17-19)18-7-6-10-21(15-18)29-20-8-2-1-3-9-20/h4-7,10-12,15,17,20,25,29H,1-3,8-9,13-14,16H2,(H,30,32). The first kappa shape index (κ1) is 23.8. The van der Waals surface area contributed by atoms with Crippen molar-refractivity contribution in [3.05, 3.63) is 70.1 Å². The quantitative estimate of drug-likeness (QED) is 0.430. The van der Waals surface area contributed by atoms with Crippen molar-refractivity contribution in [2.24, 2.45) is 0 Å². The maximum absolute atomic E-state index is 13.5. The Bertz CT molecular complexity index is 1100. The third-order valence-corrected chi connectivity index (χ3v) is 9.64. The Balaban J connectivity index is 1.43. The van der Waals surface area contributed by atoms with E-state index in [1.54, 1.807) is 17.8 Å². The Morgan fingerprint density at radius 1 is 1.06 bits per heavy atom. The molecule has 0 aromatic heterocycles. The molecule has 1 saturated heterocycles. The van der Waals surface area contributed by atoms with E-state index >= 15 is 0 Å². The molecule has 0 bridgehead atoms. The number of hydrogen-bond donors (Lipinski definition) is 2. The number of ketones is 1. The van der Waals surface area contributed by atoms with Crippen LogP contribution < -0.4 is 10.6 Å². The van der Waals surface area contributed by atoms with Crippen molar-refractivity contribution in [3.63, 3.8) is 0 Å². The molecule has 2 unspecified atom stereocenters. The van der Waals surface area contributed by atoms with E-state index in [0.29, 0.717) is 11.1 Å². The SMILES string of the molecule is O=C1CC(C2=CSCC2)(c2cccc(NC3CCCCC3)c2)NC(=O)C1Sc1ccccc1Cl. The van der Waals surface area contributed by atoms with Gasteiger partial charge in [0, 0.05) is 28.8 Å². The van der Waals surface area contributed by atoms with E-state index in [1.807, 2.05) is 30.3 Å². The molecular formula is C27H29ClN2O2S2. The average Bonchev–Trinajstić information content (AvgIpc) is 3.39. The molecule has 0 radical (unpaired) electrons. The zero-order valence-corrected chi connectivity index (χ0v) is 21.4. The van der Waals surface area contributed by atoms with Crippen molar-refractivity contribution in [3.8, 4) is 0 Å². The summed E-state index contributed by atoms with van der Waals surface area (Å²) in [5.41, 5.74) is 2.36. The van der Waals surface area contributed by atoms with Crippen molar-refractivity contribution in [2.45, 2.75) is 66.7 Å². The predicted molar refractivity (Wildman–Crippen MR) is 143 cm³/mol. The van der Waals surface area contributed by atoms with E-state index in [1.165, 1.54) is 43.9 Å². The fourth-order valence-corrected chi connectivity index (χ4v) is 7.44. The van der Waals surface area contributed by atoms with Crippen molar-refractivity contribution in [2.75, 3.05) is 11.1 Å². The van der Waals surface area contributed by atoms with Crippen LogP contribution in [0.3, 0.4) is 0 Å². The van der Waals surface area contributed by atoms with Crippen LogP contribution in [0.25, 0.3) is 0 Å². The Morgan fingerprint density at radius 3 is 2.62 bits per heavy atom. The van der Waals surface area contributed by atoms with Gasteiger partial charge in [-0.2, -0.15) is 0 Å². The highest BCUT2D eigenvalue weighted by molar-refractivity contribution is 8.02. The number of rotatable bonds is 6. The highest BCUT2D eigenvalue weighted by atomic mass is 35.5. The summed E-state index contributed by atoms with van der Waals surface area (Å²) in [4.78, 5) is 27.7. The van der Waals surface area contributed by atoms with Crippen molar-refractivity contribution in [1.82, 2.24) is 5.32 Å². The lowest BCUT2D eigenvalue weighted by Crippen LogP contribution is -2.58. The molecule has 2 N–H and O–H groups in total. The maximum atomic E-state index is 13.5. The fraction of sp³-hybridized carbons (Fsp3) is 0.407. The number of carbonyl (C=O) groups excluding carboxylic acids is 2. The monoisotopic (exact) mass is 512 g/mol. The third kappa shape index (κ3) is 4.91. The Kier molecular flexibility index (Phi) is 7.28. The molecule has 3 aliphatic rings. The van der Waals surface area contributed by atoms with Crippen LogP contribution >= 0.6 is 35.1 Å². The molecule has 34 heavy (non-hydrogen) atoms. The van der Waals surface area contributed by atoms with Crippen molar-refractivity contribution < 1.29 is 9.59 Å². The summed E-state index contributed by atoms with van der Waals surface area (Å²) in [5, 5.41) is 8.90. The van der Waals surface area contributed by atoms with Crippen molar-refractivity contribution in [1.29, 1.82) is 0 Å². The number of piperidine rings is 1. The summed E-state index contributed by atoms with van der Waals surface area (Å²) < 4.78 is 0. The molecule has 0 spiro atoms. The number of anilines is 1. The summed E-state index contributed by atoms with van der Waals surface area (Å²) in [5.74, 6) is 0.667. The Labute approximate surface area is 214 Å². The lowest BCUT2D eigenvalue weighted by Gasteiger charge is -2.41. The van der Waals surface area contributed by atoms with Crippen LogP contribution in [0.2, 0.25) is 5.02 Å². The van der Waals surface area contributed by atoms with Gasteiger partial charge >= 0.3 is 0 Å². The van der Waals surface area contributed by atoms with E-state index in [0.717, 1.165) is 33.9 Å². The van der Waals surface area contributed by atoms with Gasteiger partial charge in [-0.3, -0.25) is 9.59 Å². The smallest absolute Gasteiger partial charge is 0.242 e. The van der Waals surface area contributed by atoms with Crippen LogP contribution in [0.5, 0.6) is 0 Å². The lowest BCUT2D eigenvalue weighted by atomic mass is 9.75. The van der Waals surface area contributed by atoms with Gasteiger partial charge in [0.15, 0.2) is 5.78 Å². The van der Waals surface area contributed by atoms with Crippen LogP contribution in [0.15, 0.2) is 64.4 Å². The summed E-state index contributed by atoms with van der Waals surface area (Å²) in [6.45, 7) is 0. The maximum Gasteiger partial charge on any atom is 0.242 e. The minimum Gasteiger partial charge on any atom is -0.382 e. The topological polar surface area (TPSA) is 58.2 Å². The highest BCUT2D eigenvalue weighted by Gasteiger charge is 2.48. The molecule has 1 saturated carbocycles. The van der Waals surface area contributed by atoms with Crippen LogP contribution in [0, 0.1) is 0 Å². The molecule has 178 valence electrons. The summed E-state index contributed by atoms with van der Waals surface area (Å²) >= 11 is 9.30. The summed E-state index contributed by atoms with van der Waals surface area (Å²) in [7, 11) is 0. The Hall–Kier alpha value is -1.89. The van der Waals surface area contributed by atoms with Gasteiger partial charge in [-0.1, -0.05) is 55.1 Å². The van der Waals surface area contributed by atoms with E-state index < -0.39 is 10.8 Å². The second-order valence-electron chi connectivity index (χ2n) is 9.29. The van der Waals surface area contributed by atoms with Gasteiger partial charge in [0.1, 0.15) is 5.25 Å². The van der Waals surface area contributed by atoms with Crippen molar-refractivity contribution >= 4 is 52.5 Å². The van der Waals surface area contributed by atoms with Gasteiger partial charge in [-0.05, 0) is 60.1 Å². The molecule has 1 amide bonds. The van der Waals surface area contributed by atoms with Crippen LogP contribution in [-0.4, -0.2) is 28.7 Å². The minimum atomic E-state index is -0.800. The number of amides is 1. The van der Waals surface area contributed by atoms with E-state index in [9.17, 15) is 9.59 Å². The number of Topliss-reactive ketones (excluding diaryl/α,β-unsaturated/α-hetero) is 1. The molecule has 2 aromatic carbocycles. The summed E-state index contributed by atoms with van der Waals surface area (Å²) in [6, 6.07) is 16.1. The number of thioether (sulfide) groups is 2. The van der Waals surface area contributed by atoms with E-state index in [2.05, 4.69) is 28.2 Å². The zero-order valence-electron chi connectivity index (χ0n) is 19.0. The number of nitrogens with one attached hydrogen (secondary N) is 2. The van der Waals surface area contributed by atoms with Gasteiger partial charge in [-0.25, -0.2) is 0 Å². The molecular weight excluding hydrogens is 484 g/mol. The molecule has 2 heterocycles. The first-order valence-electron chi connectivity index (χ1n) is 12.0. The fourth-order valence-electron chi connectivity index (χ4n) is 5.22. The molecule has 4 nitrogen and oxygen atoms in total. The zero-order chi connectivity index (χ0) is 23.5. The number of carbonyl (C=O) groups is 2. The predicted octanol–water partition coefficient (Wildman–Crippen LogP) is 6.55. The summed E-state index contributed by atoms with van der Waals surface area (Å²) in [6.07, 6.45) is 7.33. The first-order valence-corrected chi connectivity index (χ1v) is 14.3. The number of benzene rings is 2. The molecule has 2 aromatic rings. The second kappa shape index (κ2) is 10.4. The molecule has 7 heteroatoms. The average molecular weight is 513 g/mol. The number of hydrogen-bond acceptors (Lipinski definition) is 5. The minimum absolute atomic E-state index is 0.0582. The lowest BCUT2D eigenvalue weighted by molar-refractivity contribution is -0.133. The van der Waals surface area contributed by atoms with Crippen LogP contribution in [0.4, 0.5) is 5.69 Å². The van der Waals surface area contributed by atoms with Gasteiger partial charge in [0.05, 0.1) is 10.6 Å². The van der Waals surface area contributed by atoms with E-state index in [-0.39, 0.29) is 18.1 Å². The van der Waals surface area contributed by atoms with Gasteiger partial charge in [-0.15, -0.1) is 23.5 Å². The third-order valence-electron chi connectivity index (χ3n) is 6.98. The normalized spacial score (nSPS) is 25.7. The molecule has 2 atom stereocenters. The Morgan fingerprint density at radius 2 is 1.88 bits per heavy atom. The molecule has 1 aliphatic carbocycles. The second-order valence-corrected chi connectivity index (χ2v) is 11.8. The molecule has 2 aliphatic heterocycles. The van der Waals surface area contributed by atoms with E-state index in [4.69, 9.17) is 11.6 Å². The highest BCUT2D eigenvalue weighted by Crippen LogP contribution is 2.45. The van der Waals surface area contributed by atoms with Gasteiger partial charge in [0.2, 0.25) is 5.91 Å². The first-order chi connectivity index (χ1) is 16.5. The largest absolute Gasteiger partial charge is 0.382 e. The molecule has 5 rings (SSSR count). The number of halogens is 1. The van der Waals surface area contributed by atoms with Crippen LogP contribution in [0.1, 0.15) is 50.5 Å². The van der Waals surface area contributed by atoms with Gasteiger partial charge in [0.25, 0.3) is 0 Å².